The highest BCUT2D eigenvalue weighted by molar-refractivity contribution is 5.77. The van der Waals surface area contributed by atoms with E-state index in [9.17, 15) is 24.0 Å². The van der Waals surface area contributed by atoms with Gasteiger partial charge in [-0.15, -0.1) is 0 Å². The fraction of sp³-hybridized carbons (Fsp3) is 0.577. The first-order valence-electron chi connectivity index (χ1n) is 12.4. The third-order valence-corrected chi connectivity index (χ3v) is 5.69. The zero-order valence-electron chi connectivity index (χ0n) is 23.6. The van der Waals surface area contributed by atoms with Gasteiger partial charge in [0.15, 0.2) is 18.3 Å². The standard InChI is InChI=1S/C26H36N2O12/c1-14-12-18(13-35-26(33)28(6)11-10-27-5)8-9-19(14)39-25-23(38-17(4)31)21(37-16(3)30)20(36-15(2)29)22(40-25)24(32)34-7/h8-9,12,20-23,25,27H,10-11,13H2,1-7H3/t20-,21-,22-,23+,25+/m0/s1. The van der Waals surface area contributed by atoms with Gasteiger partial charge < -0.3 is 43.4 Å². The number of hydrogen-bond donors (Lipinski definition) is 1. The van der Waals surface area contributed by atoms with Gasteiger partial charge in [0.2, 0.25) is 12.4 Å². The number of aryl methyl sites for hydroxylation is 1. The van der Waals surface area contributed by atoms with E-state index < -0.39 is 60.7 Å². The highest BCUT2D eigenvalue weighted by Gasteiger charge is 2.55. The summed E-state index contributed by atoms with van der Waals surface area (Å²) in [6.07, 6.45) is -7.93. The average Bonchev–Trinajstić information content (AvgIpc) is 2.88. The number of carbonyl (C=O) groups is 5. The Bertz CT molecular complexity index is 1080. The normalized spacial score (nSPS) is 21.9. The molecule has 1 aliphatic rings. The van der Waals surface area contributed by atoms with Gasteiger partial charge in [0.1, 0.15) is 12.4 Å². The van der Waals surface area contributed by atoms with Crippen molar-refractivity contribution < 1.29 is 57.1 Å². The quantitative estimate of drug-likeness (QED) is 0.295. The molecule has 0 radical (unpaired) electrons. The first-order chi connectivity index (χ1) is 18.9. The molecule has 5 atom stereocenters. The molecule has 222 valence electrons. The van der Waals surface area contributed by atoms with E-state index in [0.29, 0.717) is 24.2 Å². The zero-order chi connectivity index (χ0) is 30.0. The molecule has 1 heterocycles. The van der Waals surface area contributed by atoms with Crippen molar-refractivity contribution in [3.63, 3.8) is 0 Å². The summed E-state index contributed by atoms with van der Waals surface area (Å²) in [6.45, 7) is 6.12. The van der Waals surface area contributed by atoms with Gasteiger partial charge in [-0.25, -0.2) is 9.59 Å². The van der Waals surface area contributed by atoms with Gasteiger partial charge in [-0.05, 0) is 37.2 Å². The fourth-order valence-electron chi connectivity index (χ4n) is 3.86. The highest BCUT2D eigenvalue weighted by Crippen LogP contribution is 2.32. The second-order valence-corrected chi connectivity index (χ2v) is 8.97. The van der Waals surface area contributed by atoms with Crippen molar-refractivity contribution in [3.8, 4) is 5.75 Å². The molecule has 1 aliphatic heterocycles. The fourth-order valence-corrected chi connectivity index (χ4v) is 3.86. The minimum absolute atomic E-state index is 0.00283. The van der Waals surface area contributed by atoms with Crippen LogP contribution in [0.2, 0.25) is 0 Å². The van der Waals surface area contributed by atoms with E-state index in [1.807, 2.05) is 0 Å². The zero-order valence-corrected chi connectivity index (χ0v) is 23.6. The first-order valence-corrected chi connectivity index (χ1v) is 12.4. The van der Waals surface area contributed by atoms with Crippen molar-refractivity contribution in [2.45, 2.75) is 65.0 Å². The lowest BCUT2D eigenvalue weighted by Crippen LogP contribution is -2.64. The summed E-state index contributed by atoms with van der Waals surface area (Å²) in [4.78, 5) is 61.9. The van der Waals surface area contributed by atoms with Gasteiger partial charge in [0.05, 0.1) is 7.11 Å². The predicted octanol–water partition coefficient (Wildman–Crippen LogP) is 0.855. The molecular weight excluding hydrogens is 532 g/mol. The lowest BCUT2D eigenvalue weighted by molar-refractivity contribution is -0.282. The van der Waals surface area contributed by atoms with Gasteiger partial charge in [0.25, 0.3) is 0 Å². The third-order valence-electron chi connectivity index (χ3n) is 5.69. The number of carbonyl (C=O) groups excluding carboxylic acids is 5. The molecule has 14 heteroatoms. The van der Waals surface area contributed by atoms with E-state index in [-0.39, 0.29) is 12.4 Å². The van der Waals surface area contributed by atoms with E-state index in [4.69, 9.17) is 33.2 Å². The summed E-state index contributed by atoms with van der Waals surface area (Å²) in [5.74, 6) is -3.05. The second-order valence-electron chi connectivity index (χ2n) is 8.97. The molecule has 0 unspecified atom stereocenters. The SMILES string of the molecule is CNCCN(C)C(=O)OCc1ccc(O[C@@H]2O[C@H](C(=O)OC)[C@@H](OC(C)=O)[C@H](OC(C)=O)[C@H]2OC(C)=O)c(C)c1. The van der Waals surface area contributed by atoms with Gasteiger partial charge in [-0.2, -0.15) is 0 Å². The summed E-state index contributed by atoms with van der Waals surface area (Å²) in [5.41, 5.74) is 1.25. The monoisotopic (exact) mass is 568 g/mol. The van der Waals surface area contributed by atoms with Crippen LogP contribution in [0.4, 0.5) is 4.79 Å². The molecule has 1 amide bonds. The molecule has 0 aromatic heterocycles. The summed E-state index contributed by atoms with van der Waals surface area (Å²) >= 11 is 0. The number of nitrogens with one attached hydrogen (secondary N) is 1. The van der Waals surface area contributed by atoms with E-state index in [1.54, 1.807) is 39.2 Å². The molecule has 1 N–H and O–H groups in total. The average molecular weight is 569 g/mol. The van der Waals surface area contributed by atoms with Crippen molar-refractivity contribution in [1.82, 2.24) is 10.2 Å². The number of benzene rings is 1. The number of nitrogens with zero attached hydrogens (tertiary/aromatic N) is 1. The van der Waals surface area contributed by atoms with Gasteiger partial charge in [0, 0.05) is 40.9 Å². The second kappa shape index (κ2) is 15.0. The van der Waals surface area contributed by atoms with Crippen LogP contribution in [0.1, 0.15) is 31.9 Å². The van der Waals surface area contributed by atoms with Crippen molar-refractivity contribution in [2.24, 2.45) is 0 Å². The van der Waals surface area contributed by atoms with Crippen LogP contribution in [-0.4, -0.2) is 99.9 Å². The Morgan fingerprint density at radius 3 is 2.10 bits per heavy atom. The Hall–Kier alpha value is -3.91. The molecule has 1 aromatic carbocycles. The van der Waals surface area contributed by atoms with Crippen LogP contribution in [-0.2, 0) is 54.2 Å². The summed E-state index contributed by atoms with van der Waals surface area (Å²) in [5, 5.41) is 2.95. The number of amides is 1. The Morgan fingerprint density at radius 2 is 1.55 bits per heavy atom. The lowest BCUT2D eigenvalue weighted by atomic mass is 9.97. The van der Waals surface area contributed by atoms with Crippen LogP contribution < -0.4 is 10.1 Å². The molecule has 0 bridgehead atoms. The first kappa shape index (κ1) is 32.3. The Morgan fingerprint density at radius 1 is 0.950 bits per heavy atom. The number of likely N-dealkylation sites (N-methyl/N-ethyl adjacent to an activating group) is 2. The van der Waals surface area contributed by atoms with Crippen LogP contribution >= 0.6 is 0 Å². The maximum atomic E-state index is 12.6. The number of methoxy groups -OCH3 is 1. The molecule has 2 rings (SSSR count). The Labute approximate surface area is 232 Å². The molecular formula is C26H36N2O12. The maximum absolute atomic E-state index is 12.6. The molecule has 0 aliphatic carbocycles. The van der Waals surface area contributed by atoms with Gasteiger partial charge >= 0.3 is 30.0 Å². The summed E-state index contributed by atoms with van der Waals surface area (Å²) < 4.78 is 37.8. The van der Waals surface area contributed by atoms with Crippen LogP contribution in [0.3, 0.4) is 0 Å². The van der Waals surface area contributed by atoms with Crippen molar-refractivity contribution in [3.05, 3.63) is 29.3 Å². The largest absolute Gasteiger partial charge is 0.467 e. The summed E-state index contributed by atoms with van der Waals surface area (Å²) in [7, 11) is 4.50. The molecule has 14 nitrogen and oxygen atoms in total. The maximum Gasteiger partial charge on any atom is 0.409 e. The molecule has 1 fully saturated rings. The minimum Gasteiger partial charge on any atom is -0.467 e. The van der Waals surface area contributed by atoms with Crippen molar-refractivity contribution in [2.75, 3.05) is 34.3 Å². The van der Waals surface area contributed by atoms with Crippen LogP contribution in [0.15, 0.2) is 18.2 Å². The van der Waals surface area contributed by atoms with E-state index in [2.05, 4.69) is 5.32 Å². The Kier molecular flexibility index (Phi) is 12.1. The molecule has 0 spiro atoms. The molecule has 40 heavy (non-hydrogen) atoms. The summed E-state index contributed by atoms with van der Waals surface area (Å²) in [6, 6.07) is 4.93. The van der Waals surface area contributed by atoms with E-state index in [0.717, 1.165) is 27.9 Å². The molecule has 0 saturated carbocycles. The van der Waals surface area contributed by atoms with Gasteiger partial charge in [-0.1, -0.05) is 6.07 Å². The third kappa shape index (κ3) is 9.09. The number of rotatable bonds is 11. The molecule has 1 aromatic rings. The minimum atomic E-state index is -1.58. The van der Waals surface area contributed by atoms with E-state index in [1.165, 1.54) is 4.90 Å². The van der Waals surface area contributed by atoms with E-state index >= 15 is 0 Å². The van der Waals surface area contributed by atoms with Crippen molar-refractivity contribution >= 4 is 30.0 Å². The predicted molar refractivity (Wildman–Crippen MR) is 136 cm³/mol. The lowest BCUT2D eigenvalue weighted by Gasteiger charge is -2.43. The number of ether oxygens (including phenoxy) is 7. The van der Waals surface area contributed by atoms with Gasteiger partial charge in [-0.3, -0.25) is 14.4 Å². The smallest absolute Gasteiger partial charge is 0.409 e. The number of esters is 4. The van der Waals surface area contributed by atoms with Crippen LogP contribution in [0.25, 0.3) is 0 Å². The Balaban J connectivity index is 2.32. The van der Waals surface area contributed by atoms with Crippen LogP contribution in [0, 0.1) is 6.92 Å². The topological polar surface area (TPSA) is 165 Å². The number of hydrogen-bond acceptors (Lipinski definition) is 13. The molecule has 1 saturated heterocycles. The van der Waals surface area contributed by atoms with Crippen LogP contribution in [0.5, 0.6) is 5.75 Å². The highest BCUT2D eigenvalue weighted by atomic mass is 16.7. The van der Waals surface area contributed by atoms with Crippen molar-refractivity contribution in [1.29, 1.82) is 0 Å².